The number of fused-ring (bicyclic) bond motifs is 8. The van der Waals surface area contributed by atoms with Gasteiger partial charge in [0.1, 0.15) is 4.83 Å². The van der Waals surface area contributed by atoms with Crippen LogP contribution in [-0.2, 0) is 0 Å². The first-order valence-corrected chi connectivity index (χ1v) is 14.7. The van der Waals surface area contributed by atoms with E-state index in [9.17, 15) is 0 Å². The monoisotopic (exact) mass is 541 g/mol. The van der Waals surface area contributed by atoms with Crippen LogP contribution in [0.4, 0.5) is 0 Å². The van der Waals surface area contributed by atoms with E-state index in [1.165, 1.54) is 59.6 Å². The van der Waals surface area contributed by atoms with Gasteiger partial charge in [-0.2, -0.15) is 0 Å². The fourth-order valence-corrected chi connectivity index (χ4v) is 7.37. The van der Waals surface area contributed by atoms with Crippen LogP contribution in [0.5, 0.6) is 0 Å². The summed E-state index contributed by atoms with van der Waals surface area (Å²) in [6, 6.07) is 45.9. The summed E-state index contributed by atoms with van der Waals surface area (Å²) in [6.45, 7) is 0. The molecule has 4 heteroatoms. The van der Waals surface area contributed by atoms with Gasteiger partial charge in [-0.25, -0.2) is 0 Å². The van der Waals surface area contributed by atoms with Crippen LogP contribution in [0, 0.1) is 0 Å². The normalized spacial score (nSPS) is 11.9. The van der Waals surface area contributed by atoms with Crippen molar-refractivity contribution in [2.75, 3.05) is 0 Å². The van der Waals surface area contributed by atoms with Gasteiger partial charge in [0.2, 0.25) is 0 Å². The van der Waals surface area contributed by atoms with Crippen molar-refractivity contribution in [1.82, 2.24) is 14.1 Å². The minimum Gasteiger partial charge on any atom is -0.308 e. The predicted octanol–water partition coefficient (Wildman–Crippen LogP) is 10.2. The average molecular weight is 542 g/mol. The second-order valence-corrected chi connectivity index (χ2v) is 11.4. The first-order chi connectivity index (χ1) is 20.3. The Kier molecular flexibility index (Phi) is 4.77. The number of hydrogen-bond donors (Lipinski definition) is 0. The molecule has 0 amide bonds. The van der Waals surface area contributed by atoms with Gasteiger partial charge in [-0.3, -0.25) is 4.98 Å². The molecule has 3 nitrogen and oxygen atoms in total. The lowest BCUT2D eigenvalue weighted by Gasteiger charge is -2.11. The number of aromatic nitrogens is 3. The van der Waals surface area contributed by atoms with Crippen molar-refractivity contribution in [3.8, 4) is 22.5 Å². The maximum Gasteiger partial charge on any atom is 0.108 e. The van der Waals surface area contributed by atoms with E-state index < -0.39 is 0 Å². The summed E-state index contributed by atoms with van der Waals surface area (Å²) in [5, 5.41) is 8.47. The van der Waals surface area contributed by atoms with Gasteiger partial charge in [0, 0.05) is 33.7 Å². The molecule has 4 aromatic heterocycles. The molecule has 0 fully saturated rings. The molecule has 0 spiro atoms. The third kappa shape index (κ3) is 3.28. The second-order valence-electron chi connectivity index (χ2n) is 10.5. The van der Waals surface area contributed by atoms with Crippen molar-refractivity contribution in [3.63, 3.8) is 0 Å². The number of benzene rings is 5. The molecule has 5 aromatic carbocycles. The number of nitrogens with zero attached hydrogens (tertiary/aromatic N) is 3. The molecule has 0 radical (unpaired) electrons. The highest BCUT2D eigenvalue weighted by Gasteiger charge is 2.16. The SMILES string of the molecule is c1ccc2c(c1)ccc1c2c2ncccc2n1-c1ccc(-c2ccc(-n3c4ccccc4c4ccsc43)cc2)cc1. The summed E-state index contributed by atoms with van der Waals surface area (Å²) in [6.07, 6.45) is 1.89. The summed E-state index contributed by atoms with van der Waals surface area (Å²) in [5.41, 5.74) is 9.30. The fourth-order valence-electron chi connectivity index (χ4n) is 6.42. The summed E-state index contributed by atoms with van der Waals surface area (Å²) < 4.78 is 4.71. The van der Waals surface area contributed by atoms with E-state index in [2.05, 4.69) is 136 Å². The van der Waals surface area contributed by atoms with Crippen LogP contribution in [0.1, 0.15) is 0 Å². The van der Waals surface area contributed by atoms with Gasteiger partial charge < -0.3 is 9.13 Å². The summed E-state index contributed by atoms with van der Waals surface area (Å²) in [4.78, 5) is 6.10. The van der Waals surface area contributed by atoms with Gasteiger partial charge in [-0.1, -0.05) is 72.8 Å². The molecule has 9 rings (SSSR count). The van der Waals surface area contributed by atoms with E-state index in [-0.39, 0.29) is 0 Å². The summed E-state index contributed by atoms with van der Waals surface area (Å²) in [5.74, 6) is 0. The van der Waals surface area contributed by atoms with E-state index in [1.807, 2.05) is 12.3 Å². The summed E-state index contributed by atoms with van der Waals surface area (Å²) in [7, 11) is 0. The highest BCUT2D eigenvalue weighted by Crippen LogP contribution is 2.37. The van der Waals surface area contributed by atoms with Crippen molar-refractivity contribution in [2.45, 2.75) is 0 Å². The van der Waals surface area contributed by atoms with Crippen molar-refractivity contribution >= 4 is 65.2 Å². The minimum absolute atomic E-state index is 1.04. The highest BCUT2D eigenvalue weighted by molar-refractivity contribution is 7.17. The van der Waals surface area contributed by atoms with E-state index in [1.54, 1.807) is 11.3 Å². The Bertz CT molecular complexity index is 2400. The number of para-hydroxylation sites is 1. The summed E-state index contributed by atoms with van der Waals surface area (Å²) >= 11 is 1.79. The van der Waals surface area contributed by atoms with Crippen LogP contribution in [-0.4, -0.2) is 14.1 Å². The Balaban J connectivity index is 1.13. The molecule has 192 valence electrons. The lowest BCUT2D eigenvalue weighted by Crippen LogP contribution is -1.94. The standard InChI is InChI=1S/C37H23N3S/c1-2-7-29-26(6-1)15-20-33-35(29)36-34(10-5-22-38-36)39(33)27-16-11-24(12-17-27)25-13-18-28(19-14-25)40-32-9-4-3-8-30(32)31-21-23-41-37(31)40/h1-23H. The average Bonchev–Trinajstić information content (AvgIpc) is 3.73. The zero-order valence-electron chi connectivity index (χ0n) is 22.0. The third-order valence-corrected chi connectivity index (χ3v) is 9.18. The van der Waals surface area contributed by atoms with E-state index in [0.717, 1.165) is 16.7 Å². The molecule has 0 saturated carbocycles. The Labute approximate surface area is 240 Å². The Hall–Kier alpha value is -5.19. The maximum absolute atomic E-state index is 4.81. The number of hydrogen-bond acceptors (Lipinski definition) is 2. The first kappa shape index (κ1) is 22.6. The first-order valence-electron chi connectivity index (χ1n) is 13.8. The zero-order valence-corrected chi connectivity index (χ0v) is 22.8. The van der Waals surface area contributed by atoms with Gasteiger partial charge in [0.25, 0.3) is 0 Å². The van der Waals surface area contributed by atoms with Crippen LogP contribution in [0.3, 0.4) is 0 Å². The van der Waals surface area contributed by atoms with Crippen LogP contribution in [0.2, 0.25) is 0 Å². The van der Waals surface area contributed by atoms with Crippen LogP contribution >= 0.6 is 11.3 Å². The van der Waals surface area contributed by atoms with Crippen molar-refractivity contribution in [3.05, 3.63) is 139 Å². The topological polar surface area (TPSA) is 22.8 Å². The van der Waals surface area contributed by atoms with E-state index >= 15 is 0 Å². The van der Waals surface area contributed by atoms with E-state index in [0.29, 0.717) is 0 Å². The van der Waals surface area contributed by atoms with Gasteiger partial charge in [0.15, 0.2) is 0 Å². The molecule has 0 N–H and O–H groups in total. The molecular weight excluding hydrogens is 518 g/mol. The predicted molar refractivity (Wildman–Crippen MR) is 174 cm³/mol. The lowest BCUT2D eigenvalue weighted by molar-refractivity contribution is 1.18. The van der Waals surface area contributed by atoms with Crippen LogP contribution in [0.15, 0.2) is 139 Å². The van der Waals surface area contributed by atoms with Gasteiger partial charge in [0.05, 0.1) is 22.1 Å². The van der Waals surface area contributed by atoms with Gasteiger partial charge in [-0.05, 0) is 81.9 Å². The fraction of sp³-hybridized carbons (Fsp3) is 0. The molecule has 0 aliphatic carbocycles. The molecular formula is C37H23N3S. The molecule has 4 heterocycles. The van der Waals surface area contributed by atoms with Gasteiger partial charge >= 0.3 is 0 Å². The Morgan fingerprint density at radius 3 is 1.98 bits per heavy atom. The molecule has 0 unspecified atom stereocenters. The molecule has 0 bridgehead atoms. The third-order valence-electron chi connectivity index (χ3n) is 8.28. The van der Waals surface area contributed by atoms with E-state index in [4.69, 9.17) is 4.98 Å². The largest absolute Gasteiger partial charge is 0.308 e. The molecule has 0 saturated heterocycles. The van der Waals surface area contributed by atoms with Gasteiger partial charge in [-0.15, -0.1) is 11.3 Å². The second kappa shape index (κ2) is 8.65. The van der Waals surface area contributed by atoms with Crippen molar-refractivity contribution in [2.24, 2.45) is 0 Å². The quantitative estimate of drug-likeness (QED) is 0.218. The van der Waals surface area contributed by atoms with Crippen LogP contribution < -0.4 is 0 Å². The molecule has 41 heavy (non-hydrogen) atoms. The van der Waals surface area contributed by atoms with Crippen LogP contribution in [0.25, 0.3) is 76.3 Å². The Morgan fingerprint density at radius 1 is 0.488 bits per heavy atom. The number of rotatable bonds is 3. The minimum atomic E-state index is 1.04. The lowest BCUT2D eigenvalue weighted by atomic mass is 10.0. The molecule has 0 aliphatic rings. The maximum atomic E-state index is 4.81. The zero-order chi connectivity index (χ0) is 26.9. The molecule has 0 aliphatic heterocycles. The van der Waals surface area contributed by atoms with Crippen molar-refractivity contribution < 1.29 is 0 Å². The molecule has 0 atom stereocenters. The highest BCUT2D eigenvalue weighted by atomic mass is 32.1. The van der Waals surface area contributed by atoms with Crippen molar-refractivity contribution in [1.29, 1.82) is 0 Å². The number of pyridine rings is 1. The Morgan fingerprint density at radius 2 is 1.17 bits per heavy atom. The molecule has 9 aromatic rings. The smallest absolute Gasteiger partial charge is 0.108 e. The number of thiophene rings is 1.